The summed E-state index contributed by atoms with van der Waals surface area (Å²) < 4.78 is 4.97. The number of likely N-dealkylation sites (tertiary alicyclic amines) is 1. The van der Waals surface area contributed by atoms with Crippen LogP contribution in [-0.4, -0.2) is 72.1 Å². The summed E-state index contributed by atoms with van der Waals surface area (Å²) in [5.74, 6) is -1.58. The van der Waals surface area contributed by atoms with E-state index in [-0.39, 0.29) is 25.0 Å². The summed E-state index contributed by atoms with van der Waals surface area (Å²) in [6, 6.07) is 0. The lowest BCUT2D eigenvalue weighted by Crippen LogP contribution is -2.49. The van der Waals surface area contributed by atoms with Crippen LogP contribution in [0.2, 0.25) is 0 Å². The Morgan fingerprint density at radius 1 is 1.24 bits per heavy atom. The smallest absolute Gasteiger partial charge is 0.312 e. The second-order valence-electron chi connectivity index (χ2n) is 4.93. The molecule has 0 atom stereocenters. The van der Waals surface area contributed by atoms with E-state index in [1.54, 1.807) is 13.8 Å². The summed E-state index contributed by atoms with van der Waals surface area (Å²) in [6.45, 7) is 4.99. The highest BCUT2D eigenvalue weighted by Crippen LogP contribution is 2.19. The number of ether oxygens (including phenoxy) is 1. The number of rotatable bonds is 5. The quantitative estimate of drug-likeness (QED) is 0.553. The van der Waals surface area contributed by atoms with Crippen LogP contribution in [0.1, 0.15) is 26.7 Å². The van der Waals surface area contributed by atoms with Gasteiger partial charge in [-0.3, -0.25) is 14.4 Å². The number of aliphatic hydroxyl groups is 1. The van der Waals surface area contributed by atoms with Gasteiger partial charge in [0.2, 0.25) is 0 Å². The van der Waals surface area contributed by atoms with E-state index in [1.165, 1.54) is 9.80 Å². The lowest BCUT2D eigenvalue weighted by molar-refractivity contribution is -0.155. The van der Waals surface area contributed by atoms with Gasteiger partial charge in [0.1, 0.15) is 0 Å². The molecule has 1 fully saturated rings. The van der Waals surface area contributed by atoms with Crippen LogP contribution in [0.25, 0.3) is 0 Å². The number of esters is 1. The van der Waals surface area contributed by atoms with Gasteiger partial charge in [0.15, 0.2) is 0 Å². The van der Waals surface area contributed by atoms with Crippen molar-refractivity contribution in [2.75, 3.05) is 39.4 Å². The maximum atomic E-state index is 12.1. The van der Waals surface area contributed by atoms with Gasteiger partial charge in [-0.15, -0.1) is 0 Å². The van der Waals surface area contributed by atoms with Crippen LogP contribution in [0.3, 0.4) is 0 Å². The molecule has 1 aliphatic heterocycles. The molecule has 1 heterocycles. The minimum atomic E-state index is -0.596. The topological polar surface area (TPSA) is 87.2 Å². The first-order valence-electron chi connectivity index (χ1n) is 7.40. The summed E-state index contributed by atoms with van der Waals surface area (Å²) >= 11 is 0. The molecule has 21 heavy (non-hydrogen) atoms. The number of likely N-dealkylation sites (N-methyl/N-ethyl adjacent to an activating group) is 1. The van der Waals surface area contributed by atoms with Crippen LogP contribution >= 0.6 is 0 Å². The molecule has 0 radical (unpaired) electrons. The van der Waals surface area contributed by atoms with E-state index in [4.69, 9.17) is 9.84 Å². The molecule has 0 bridgehead atoms. The molecule has 1 aliphatic rings. The summed E-state index contributed by atoms with van der Waals surface area (Å²) in [6.07, 6.45) is 1.04. The first-order valence-corrected chi connectivity index (χ1v) is 7.40. The molecule has 0 aromatic rings. The van der Waals surface area contributed by atoms with Gasteiger partial charge in [-0.05, 0) is 26.7 Å². The van der Waals surface area contributed by atoms with Crippen molar-refractivity contribution in [3.63, 3.8) is 0 Å². The molecule has 0 aliphatic carbocycles. The zero-order valence-corrected chi connectivity index (χ0v) is 12.7. The SMILES string of the molecule is CCOC(=O)C1CCN(C(=O)C(=O)N(CC)CCO)CC1. The Bertz CT molecular complexity index is 378. The molecule has 0 unspecified atom stereocenters. The summed E-state index contributed by atoms with van der Waals surface area (Å²) in [5.41, 5.74) is 0. The molecule has 1 N–H and O–H groups in total. The van der Waals surface area contributed by atoms with Crippen molar-refractivity contribution in [2.45, 2.75) is 26.7 Å². The minimum Gasteiger partial charge on any atom is -0.466 e. The highest BCUT2D eigenvalue weighted by atomic mass is 16.5. The van der Waals surface area contributed by atoms with Crippen molar-refractivity contribution in [2.24, 2.45) is 5.92 Å². The van der Waals surface area contributed by atoms with Crippen LogP contribution in [0, 0.1) is 5.92 Å². The van der Waals surface area contributed by atoms with Gasteiger partial charge in [0.05, 0.1) is 19.1 Å². The Balaban J connectivity index is 2.51. The molecule has 1 saturated heterocycles. The fourth-order valence-electron chi connectivity index (χ4n) is 2.37. The van der Waals surface area contributed by atoms with Crippen LogP contribution in [0.15, 0.2) is 0 Å². The Morgan fingerprint density at radius 3 is 2.33 bits per heavy atom. The van der Waals surface area contributed by atoms with E-state index in [0.717, 1.165) is 0 Å². The molecule has 120 valence electrons. The van der Waals surface area contributed by atoms with Crippen LogP contribution < -0.4 is 0 Å². The fourth-order valence-corrected chi connectivity index (χ4v) is 2.37. The lowest BCUT2D eigenvalue weighted by atomic mass is 9.97. The minimum absolute atomic E-state index is 0.153. The van der Waals surface area contributed by atoms with Gasteiger partial charge < -0.3 is 19.6 Å². The standard InChI is InChI=1S/C14H24N2O5/c1-3-15(9-10-17)12(18)13(19)16-7-5-11(6-8-16)14(20)21-4-2/h11,17H,3-10H2,1-2H3. The van der Waals surface area contributed by atoms with Crippen LogP contribution in [0.4, 0.5) is 0 Å². The molecular weight excluding hydrogens is 276 g/mol. The molecule has 2 amide bonds. The van der Waals surface area contributed by atoms with Crippen LogP contribution in [0.5, 0.6) is 0 Å². The first kappa shape index (κ1) is 17.4. The first-order chi connectivity index (χ1) is 10.0. The third-order valence-electron chi connectivity index (χ3n) is 3.62. The van der Waals surface area contributed by atoms with Gasteiger partial charge in [-0.1, -0.05) is 0 Å². The zero-order valence-electron chi connectivity index (χ0n) is 12.7. The molecule has 0 saturated carbocycles. The van der Waals surface area contributed by atoms with Crippen molar-refractivity contribution in [1.29, 1.82) is 0 Å². The zero-order chi connectivity index (χ0) is 15.8. The van der Waals surface area contributed by atoms with Crippen molar-refractivity contribution in [3.05, 3.63) is 0 Å². The van der Waals surface area contributed by atoms with Crippen LogP contribution in [-0.2, 0) is 19.1 Å². The van der Waals surface area contributed by atoms with E-state index in [1.807, 2.05) is 0 Å². The predicted octanol–water partition coefficient (Wildman–Crippen LogP) is -0.371. The van der Waals surface area contributed by atoms with Crippen molar-refractivity contribution >= 4 is 17.8 Å². The number of carbonyl (C=O) groups is 3. The Morgan fingerprint density at radius 2 is 1.86 bits per heavy atom. The largest absolute Gasteiger partial charge is 0.466 e. The van der Waals surface area contributed by atoms with Crippen molar-refractivity contribution in [3.8, 4) is 0 Å². The second-order valence-corrected chi connectivity index (χ2v) is 4.93. The summed E-state index contributed by atoms with van der Waals surface area (Å²) in [5, 5.41) is 8.88. The average Bonchev–Trinajstić information content (AvgIpc) is 2.51. The fraction of sp³-hybridized carbons (Fsp3) is 0.786. The highest BCUT2D eigenvalue weighted by molar-refractivity contribution is 6.34. The third kappa shape index (κ3) is 4.70. The number of nitrogens with zero attached hydrogens (tertiary/aromatic N) is 2. The number of hydrogen-bond acceptors (Lipinski definition) is 5. The van der Waals surface area contributed by atoms with E-state index in [2.05, 4.69) is 0 Å². The molecule has 0 spiro atoms. The molecular formula is C14H24N2O5. The van der Waals surface area contributed by atoms with E-state index in [0.29, 0.717) is 39.1 Å². The van der Waals surface area contributed by atoms with E-state index in [9.17, 15) is 14.4 Å². The highest BCUT2D eigenvalue weighted by Gasteiger charge is 2.32. The Kier molecular flexibility index (Phi) is 7.14. The van der Waals surface area contributed by atoms with E-state index >= 15 is 0 Å². The number of aliphatic hydroxyl groups excluding tert-OH is 1. The Hall–Kier alpha value is -1.63. The van der Waals surface area contributed by atoms with Gasteiger partial charge in [-0.2, -0.15) is 0 Å². The molecule has 1 rings (SSSR count). The maximum absolute atomic E-state index is 12.1. The predicted molar refractivity (Wildman–Crippen MR) is 75.3 cm³/mol. The molecule has 7 heteroatoms. The van der Waals surface area contributed by atoms with Gasteiger partial charge in [-0.25, -0.2) is 0 Å². The molecule has 0 aromatic carbocycles. The van der Waals surface area contributed by atoms with Gasteiger partial charge in [0.25, 0.3) is 0 Å². The number of piperidine rings is 1. The van der Waals surface area contributed by atoms with Gasteiger partial charge >= 0.3 is 17.8 Å². The Labute approximate surface area is 124 Å². The van der Waals surface area contributed by atoms with Gasteiger partial charge in [0, 0.05) is 26.2 Å². The van der Waals surface area contributed by atoms with Crippen molar-refractivity contribution in [1.82, 2.24) is 9.80 Å². The number of hydrogen-bond donors (Lipinski definition) is 1. The molecule has 7 nitrogen and oxygen atoms in total. The summed E-state index contributed by atoms with van der Waals surface area (Å²) in [7, 11) is 0. The van der Waals surface area contributed by atoms with E-state index < -0.39 is 11.8 Å². The number of amides is 2. The maximum Gasteiger partial charge on any atom is 0.312 e. The monoisotopic (exact) mass is 300 g/mol. The van der Waals surface area contributed by atoms with Crippen molar-refractivity contribution < 1.29 is 24.2 Å². The third-order valence-corrected chi connectivity index (χ3v) is 3.62. The lowest BCUT2D eigenvalue weighted by Gasteiger charge is -2.31. The molecule has 0 aromatic heterocycles. The summed E-state index contributed by atoms with van der Waals surface area (Å²) in [4.78, 5) is 38.5. The normalized spacial score (nSPS) is 15.7. The second kappa shape index (κ2) is 8.61. The average molecular weight is 300 g/mol. The number of carbonyl (C=O) groups excluding carboxylic acids is 3.